The fourth-order valence-electron chi connectivity index (χ4n) is 1.81. The van der Waals surface area contributed by atoms with E-state index in [2.05, 4.69) is 15.3 Å². The molecule has 19 heavy (non-hydrogen) atoms. The maximum atomic E-state index is 10.4. The maximum absolute atomic E-state index is 10.4. The second kappa shape index (κ2) is 5.45. The van der Waals surface area contributed by atoms with Gasteiger partial charge in [-0.2, -0.15) is 9.97 Å². The Hall–Kier alpha value is -1.80. The molecule has 0 bridgehead atoms. The Morgan fingerprint density at radius 1 is 1.58 bits per heavy atom. The average molecular weight is 268 g/mol. The quantitative estimate of drug-likeness (QED) is 0.628. The van der Waals surface area contributed by atoms with Crippen molar-refractivity contribution < 1.29 is 14.4 Å². The van der Waals surface area contributed by atoms with Gasteiger partial charge in [-0.25, -0.2) is 0 Å². The van der Waals surface area contributed by atoms with Gasteiger partial charge in [-0.15, -0.1) is 0 Å². The van der Waals surface area contributed by atoms with E-state index in [-0.39, 0.29) is 23.4 Å². The number of hydrogen-bond acceptors (Lipinski definition) is 7. The zero-order valence-corrected chi connectivity index (χ0v) is 10.8. The molecule has 0 aromatic carbocycles. The molecular weight excluding hydrogens is 252 g/mol. The summed E-state index contributed by atoms with van der Waals surface area (Å²) in [7, 11) is 0. The Morgan fingerprint density at radius 2 is 2.26 bits per heavy atom. The normalized spacial score (nSPS) is 21.9. The first kappa shape index (κ1) is 13.6. The van der Waals surface area contributed by atoms with Crippen LogP contribution in [0, 0.1) is 10.1 Å². The second-order valence-corrected chi connectivity index (χ2v) is 4.92. The van der Waals surface area contributed by atoms with E-state index in [1.807, 2.05) is 13.8 Å². The Labute approximate surface area is 110 Å². The summed E-state index contributed by atoms with van der Waals surface area (Å²) >= 11 is 0. The van der Waals surface area contributed by atoms with Crippen molar-refractivity contribution >= 4 is 5.69 Å². The molecule has 1 unspecified atom stereocenters. The lowest BCUT2D eigenvalue weighted by atomic mass is 10.1. The van der Waals surface area contributed by atoms with E-state index in [1.165, 1.54) is 0 Å². The van der Waals surface area contributed by atoms with Crippen molar-refractivity contribution in [3.05, 3.63) is 22.5 Å². The number of nitrogens with zero attached hydrogens (tertiary/aromatic N) is 3. The van der Waals surface area contributed by atoms with Crippen LogP contribution in [0.5, 0.6) is 6.01 Å². The molecule has 2 heterocycles. The number of nitrogens with one attached hydrogen (secondary N) is 1. The molecule has 2 rings (SSSR count). The van der Waals surface area contributed by atoms with Crippen molar-refractivity contribution in [3.63, 3.8) is 0 Å². The van der Waals surface area contributed by atoms with Crippen LogP contribution in [-0.2, 0) is 4.74 Å². The van der Waals surface area contributed by atoms with Crippen LogP contribution in [0.1, 0.15) is 13.8 Å². The number of aromatic nitrogens is 2. The minimum absolute atomic E-state index is 0.0949. The summed E-state index contributed by atoms with van der Waals surface area (Å²) in [6.07, 6.45) is 2.14. The molecule has 104 valence electrons. The van der Waals surface area contributed by atoms with Gasteiger partial charge < -0.3 is 14.8 Å². The first-order valence-corrected chi connectivity index (χ1v) is 5.94. The monoisotopic (exact) mass is 268 g/mol. The van der Waals surface area contributed by atoms with Crippen LogP contribution in [0.25, 0.3) is 0 Å². The van der Waals surface area contributed by atoms with E-state index in [4.69, 9.17) is 9.47 Å². The van der Waals surface area contributed by atoms with Crippen LogP contribution >= 0.6 is 0 Å². The minimum Gasteiger partial charge on any atom is -0.461 e. The summed E-state index contributed by atoms with van der Waals surface area (Å²) in [5, 5.41) is 13.7. The van der Waals surface area contributed by atoms with E-state index < -0.39 is 4.92 Å². The molecule has 1 aliphatic rings. The smallest absolute Gasteiger partial charge is 0.316 e. The summed E-state index contributed by atoms with van der Waals surface area (Å²) in [6, 6.07) is 0.109. The minimum atomic E-state index is -0.555. The number of rotatable bonds is 4. The highest BCUT2D eigenvalue weighted by Crippen LogP contribution is 2.16. The number of nitro groups is 1. The highest BCUT2D eigenvalue weighted by atomic mass is 16.6. The Balaban J connectivity index is 1.86. The van der Waals surface area contributed by atoms with E-state index >= 15 is 0 Å². The van der Waals surface area contributed by atoms with E-state index in [0.29, 0.717) is 13.2 Å². The van der Waals surface area contributed by atoms with Crippen LogP contribution < -0.4 is 10.1 Å². The van der Waals surface area contributed by atoms with Crippen molar-refractivity contribution in [3.8, 4) is 6.01 Å². The van der Waals surface area contributed by atoms with Crippen molar-refractivity contribution in [2.24, 2.45) is 0 Å². The number of morpholine rings is 1. The lowest BCUT2D eigenvalue weighted by Crippen LogP contribution is -2.52. The molecule has 0 spiro atoms. The third kappa shape index (κ3) is 3.83. The first-order valence-electron chi connectivity index (χ1n) is 5.94. The summed E-state index contributed by atoms with van der Waals surface area (Å²) < 4.78 is 11.2. The summed E-state index contributed by atoms with van der Waals surface area (Å²) in [4.78, 5) is 17.4. The number of ether oxygens (including phenoxy) is 2. The van der Waals surface area contributed by atoms with Crippen LogP contribution in [0.4, 0.5) is 5.69 Å². The molecular formula is C11H16N4O4. The van der Waals surface area contributed by atoms with Crippen LogP contribution in [0.3, 0.4) is 0 Å². The van der Waals surface area contributed by atoms with Crippen LogP contribution in [0.15, 0.2) is 12.4 Å². The van der Waals surface area contributed by atoms with Gasteiger partial charge >= 0.3 is 11.7 Å². The van der Waals surface area contributed by atoms with Gasteiger partial charge in [0.1, 0.15) is 25.1 Å². The van der Waals surface area contributed by atoms with Gasteiger partial charge in [0, 0.05) is 13.1 Å². The van der Waals surface area contributed by atoms with Gasteiger partial charge in [0.15, 0.2) is 0 Å². The third-order valence-corrected chi connectivity index (χ3v) is 2.63. The molecule has 8 heteroatoms. The van der Waals surface area contributed by atoms with E-state index in [1.54, 1.807) is 0 Å². The largest absolute Gasteiger partial charge is 0.461 e. The van der Waals surface area contributed by atoms with Gasteiger partial charge in [0.2, 0.25) is 0 Å². The molecule has 1 aliphatic heterocycles. The molecule has 8 nitrogen and oxygen atoms in total. The van der Waals surface area contributed by atoms with Crippen molar-refractivity contribution in [1.82, 2.24) is 15.3 Å². The lowest BCUT2D eigenvalue weighted by molar-refractivity contribution is -0.385. The predicted molar refractivity (Wildman–Crippen MR) is 66.0 cm³/mol. The topological polar surface area (TPSA) is 99.4 Å². The van der Waals surface area contributed by atoms with Crippen molar-refractivity contribution in [2.75, 3.05) is 19.7 Å². The molecule has 1 aromatic heterocycles. The second-order valence-electron chi connectivity index (χ2n) is 4.92. The molecule has 1 fully saturated rings. The van der Waals surface area contributed by atoms with Crippen molar-refractivity contribution in [1.29, 1.82) is 0 Å². The zero-order chi connectivity index (χ0) is 13.9. The molecule has 1 atom stereocenters. The van der Waals surface area contributed by atoms with Gasteiger partial charge in [-0.1, -0.05) is 0 Å². The molecule has 0 amide bonds. The van der Waals surface area contributed by atoms with Gasteiger partial charge in [0.05, 0.1) is 10.5 Å². The van der Waals surface area contributed by atoms with Crippen molar-refractivity contribution in [2.45, 2.75) is 25.6 Å². The van der Waals surface area contributed by atoms with E-state index in [9.17, 15) is 10.1 Å². The summed E-state index contributed by atoms with van der Waals surface area (Å²) in [5.41, 5.74) is -0.396. The van der Waals surface area contributed by atoms with Crippen LogP contribution in [0.2, 0.25) is 0 Å². The Bertz CT molecular complexity index is 449. The van der Waals surface area contributed by atoms with Gasteiger partial charge in [-0.05, 0) is 13.8 Å². The Kier molecular flexibility index (Phi) is 3.91. The Morgan fingerprint density at radius 3 is 2.84 bits per heavy atom. The molecule has 1 saturated heterocycles. The first-order chi connectivity index (χ1) is 8.96. The third-order valence-electron chi connectivity index (χ3n) is 2.63. The van der Waals surface area contributed by atoms with Gasteiger partial charge in [0.25, 0.3) is 0 Å². The molecule has 1 N–H and O–H groups in total. The zero-order valence-electron chi connectivity index (χ0n) is 10.8. The molecule has 0 saturated carbocycles. The average Bonchev–Trinajstić information content (AvgIpc) is 2.36. The molecule has 1 aromatic rings. The molecule has 0 aliphatic carbocycles. The maximum Gasteiger partial charge on any atom is 0.316 e. The summed E-state index contributed by atoms with van der Waals surface area (Å²) in [6.45, 7) is 5.77. The highest BCUT2D eigenvalue weighted by Gasteiger charge is 2.28. The van der Waals surface area contributed by atoms with E-state index in [0.717, 1.165) is 18.9 Å². The summed E-state index contributed by atoms with van der Waals surface area (Å²) in [5.74, 6) is 0. The highest BCUT2D eigenvalue weighted by molar-refractivity contribution is 5.21. The predicted octanol–water partition coefficient (Wildman–Crippen LogP) is 0.531. The van der Waals surface area contributed by atoms with Crippen LogP contribution in [-0.4, -0.2) is 46.3 Å². The lowest BCUT2D eigenvalue weighted by Gasteiger charge is -2.36. The fraction of sp³-hybridized carbons (Fsp3) is 0.636. The molecule has 0 radical (unpaired) electrons. The SMILES string of the molecule is CC1(C)CNCC(COc2ncc([N+](=O)[O-])cn2)O1. The fourth-order valence-corrected chi connectivity index (χ4v) is 1.81. The number of hydrogen-bond donors (Lipinski definition) is 1. The van der Waals surface area contributed by atoms with Gasteiger partial charge in [-0.3, -0.25) is 10.1 Å². The standard InChI is InChI=1S/C11H16N4O4/c1-11(2)7-12-5-9(19-11)6-18-10-13-3-8(4-14-10)15(16)17/h3-4,9,12H,5-7H2,1-2H3.